The van der Waals surface area contributed by atoms with E-state index >= 15 is 0 Å². The number of rotatable bonds is 3. The summed E-state index contributed by atoms with van der Waals surface area (Å²) in [4.78, 5) is 25.1. The Kier molecular flexibility index (Phi) is 3.84. The Bertz CT molecular complexity index is 506. The monoisotopic (exact) mass is 275 g/mol. The number of benzene rings is 1. The maximum atomic E-state index is 12.7. The number of hydrogen-bond donors (Lipinski definition) is 1. The molecule has 0 spiro atoms. The van der Waals surface area contributed by atoms with E-state index in [1.54, 1.807) is 0 Å². The minimum Gasteiger partial charge on any atom is -0.480 e. The second kappa shape index (κ2) is 5.27. The highest BCUT2D eigenvalue weighted by molar-refractivity contribution is 5.84. The van der Waals surface area contributed by atoms with Crippen molar-refractivity contribution in [2.24, 2.45) is 5.92 Å². The van der Waals surface area contributed by atoms with Gasteiger partial charge in [0.2, 0.25) is 5.91 Å². The predicted octanol–water partition coefficient (Wildman–Crippen LogP) is 2.11. The lowest BCUT2D eigenvalue weighted by molar-refractivity contribution is -0.150. The molecule has 0 saturated carbocycles. The van der Waals surface area contributed by atoms with Crippen molar-refractivity contribution in [3.8, 4) is 0 Å². The van der Waals surface area contributed by atoms with Crippen LogP contribution in [0.2, 0.25) is 0 Å². The first kappa shape index (κ1) is 14.6. The molecule has 1 aromatic rings. The lowest BCUT2D eigenvalue weighted by Gasteiger charge is -2.36. The van der Waals surface area contributed by atoms with Crippen molar-refractivity contribution < 1.29 is 14.7 Å². The van der Waals surface area contributed by atoms with Crippen LogP contribution in [-0.4, -0.2) is 34.0 Å². The van der Waals surface area contributed by atoms with Crippen LogP contribution in [0.5, 0.6) is 0 Å². The van der Waals surface area contributed by atoms with Gasteiger partial charge < -0.3 is 10.0 Å². The van der Waals surface area contributed by atoms with Gasteiger partial charge in [0, 0.05) is 11.5 Å². The van der Waals surface area contributed by atoms with Crippen LogP contribution in [0, 0.1) is 5.92 Å². The minimum absolute atomic E-state index is 0.0592. The van der Waals surface area contributed by atoms with Gasteiger partial charge in [-0.3, -0.25) is 9.59 Å². The van der Waals surface area contributed by atoms with E-state index < -0.39 is 11.5 Å². The van der Waals surface area contributed by atoms with E-state index in [0.29, 0.717) is 12.8 Å². The standard InChI is InChI=1S/C16H21NO3/c1-16(2,3)17(10-14(18)19)15(20)13-8-11-6-4-5-7-12(11)9-13/h4-7,13H,8-10H2,1-3H3,(H,18,19). The second-order valence-electron chi connectivity index (χ2n) is 6.36. The molecule has 1 aliphatic carbocycles. The Morgan fingerprint density at radius 1 is 1.20 bits per heavy atom. The molecule has 4 heteroatoms. The molecular weight excluding hydrogens is 254 g/mol. The SMILES string of the molecule is CC(C)(C)N(CC(=O)O)C(=O)C1Cc2ccccc2C1. The van der Waals surface area contributed by atoms with Crippen LogP contribution in [0.1, 0.15) is 31.9 Å². The number of fused-ring (bicyclic) bond motifs is 1. The highest BCUT2D eigenvalue weighted by Gasteiger charge is 2.35. The summed E-state index contributed by atoms with van der Waals surface area (Å²) in [5, 5.41) is 9.02. The Morgan fingerprint density at radius 3 is 2.10 bits per heavy atom. The van der Waals surface area contributed by atoms with Crippen molar-refractivity contribution >= 4 is 11.9 Å². The average Bonchev–Trinajstić information content (AvgIpc) is 2.77. The van der Waals surface area contributed by atoms with Gasteiger partial charge in [-0.15, -0.1) is 0 Å². The molecule has 0 saturated heterocycles. The quantitative estimate of drug-likeness (QED) is 0.919. The third-order valence-corrected chi connectivity index (χ3v) is 3.77. The predicted molar refractivity (Wildman–Crippen MR) is 76.4 cm³/mol. The number of carboxylic acids is 1. The minimum atomic E-state index is -0.969. The summed E-state index contributed by atoms with van der Waals surface area (Å²) in [5.74, 6) is -1.16. The van der Waals surface area contributed by atoms with Gasteiger partial charge in [0.15, 0.2) is 0 Å². The van der Waals surface area contributed by atoms with Crippen LogP contribution < -0.4 is 0 Å². The number of amides is 1. The summed E-state index contributed by atoms with van der Waals surface area (Å²) in [7, 11) is 0. The zero-order valence-electron chi connectivity index (χ0n) is 12.2. The number of aliphatic carboxylic acids is 1. The Balaban J connectivity index is 2.16. The van der Waals surface area contributed by atoms with E-state index in [9.17, 15) is 9.59 Å². The summed E-state index contributed by atoms with van der Waals surface area (Å²) in [6.45, 7) is 5.37. The summed E-state index contributed by atoms with van der Waals surface area (Å²) in [6, 6.07) is 8.04. The van der Waals surface area contributed by atoms with Crippen LogP contribution in [0.25, 0.3) is 0 Å². The van der Waals surface area contributed by atoms with Crippen LogP contribution in [0.4, 0.5) is 0 Å². The largest absolute Gasteiger partial charge is 0.480 e. The van der Waals surface area contributed by atoms with E-state index in [1.807, 2.05) is 45.0 Å². The first-order chi connectivity index (χ1) is 9.29. The van der Waals surface area contributed by atoms with E-state index in [4.69, 9.17) is 5.11 Å². The number of hydrogen-bond acceptors (Lipinski definition) is 2. The summed E-state index contributed by atoms with van der Waals surface area (Å²) in [5.41, 5.74) is 1.93. The summed E-state index contributed by atoms with van der Waals surface area (Å²) >= 11 is 0. The van der Waals surface area contributed by atoms with Gasteiger partial charge in [0.05, 0.1) is 0 Å². The first-order valence-electron chi connectivity index (χ1n) is 6.89. The zero-order chi connectivity index (χ0) is 14.9. The molecule has 0 aliphatic heterocycles. The third kappa shape index (κ3) is 3.00. The molecule has 1 amide bonds. The molecule has 108 valence electrons. The molecule has 0 unspecified atom stereocenters. The van der Waals surface area contributed by atoms with Gasteiger partial charge in [-0.25, -0.2) is 0 Å². The normalized spacial score (nSPS) is 14.9. The fraction of sp³-hybridized carbons (Fsp3) is 0.500. The van der Waals surface area contributed by atoms with E-state index in [-0.39, 0.29) is 18.4 Å². The topological polar surface area (TPSA) is 57.6 Å². The number of nitrogens with zero attached hydrogens (tertiary/aromatic N) is 1. The Hall–Kier alpha value is -1.84. The van der Waals surface area contributed by atoms with Crippen molar-refractivity contribution in [2.75, 3.05) is 6.54 Å². The molecule has 0 atom stereocenters. The molecule has 2 rings (SSSR count). The number of carboxylic acid groups (broad SMARTS) is 1. The van der Waals surface area contributed by atoms with Gasteiger partial charge in [-0.1, -0.05) is 24.3 Å². The maximum Gasteiger partial charge on any atom is 0.323 e. The highest BCUT2D eigenvalue weighted by Crippen LogP contribution is 2.29. The molecule has 0 heterocycles. The molecule has 1 aromatic carbocycles. The molecule has 1 N–H and O–H groups in total. The van der Waals surface area contributed by atoms with Gasteiger partial charge in [-0.2, -0.15) is 0 Å². The van der Waals surface area contributed by atoms with Crippen molar-refractivity contribution in [3.63, 3.8) is 0 Å². The highest BCUT2D eigenvalue weighted by atomic mass is 16.4. The first-order valence-corrected chi connectivity index (χ1v) is 6.89. The van der Waals surface area contributed by atoms with Crippen LogP contribution >= 0.6 is 0 Å². The van der Waals surface area contributed by atoms with Crippen molar-refractivity contribution in [1.82, 2.24) is 4.90 Å². The van der Waals surface area contributed by atoms with Gasteiger partial charge >= 0.3 is 5.97 Å². The van der Waals surface area contributed by atoms with Crippen molar-refractivity contribution in [1.29, 1.82) is 0 Å². The average molecular weight is 275 g/mol. The van der Waals surface area contributed by atoms with Gasteiger partial charge in [0.1, 0.15) is 6.54 Å². The Morgan fingerprint density at radius 2 is 1.70 bits per heavy atom. The summed E-state index contributed by atoms with van der Waals surface area (Å²) < 4.78 is 0. The fourth-order valence-corrected chi connectivity index (χ4v) is 2.73. The Labute approximate surface area is 119 Å². The molecule has 0 radical (unpaired) electrons. The molecule has 0 bridgehead atoms. The number of carbonyl (C=O) groups is 2. The van der Waals surface area contributed by atoms with Crippen molar-refractivity contribution in [3.05, 3.63) is 35.4 Å². The lowest BCUT2D eigenvalue weighted by Crippen LogP contribution is -2.50. The molecule has 1 aliphatic rings. The molecule has 0 aromatic heterocycles. The summed E-state index contributed by atoms with van der Waals surface area (Å²) in [6.07, 6.45) is 1.42. The fourth-order valence-electron chi connectivity index (χ4n) is 2.73. The lowest BCUT2D eigenvalue weighted by atomic mass is 9.99. The van der Waals surface area contributed by atoms with E-state index in [0.717, 1.165) is 0 Å². The van der Waals surface area contributed by atoms with E-state index in [1.165, 1.54) is 16.0 Å². The van der Waals surface area contributed by atoms with E-state index in [2.05, 4.69) is 0 Å². The zero-order valence-corrected chi connectivity index (χ0v) is 12.2. The van der Waals surface area contributed by atoms with Crippen LogP contribution in [0.3, 0.4) is 0 Å². The maximum absolute atomic E-state index is 12.7. The molecular formula is C16H21NO3. The molecule has 20 heavy (non-hydrogen) atoms. The van der Waals surface area contributed by atoms with Gasteiger partial charge in [0.25, 0.3) is 0 Å². The smallest absolute Gasteiger partial charge is 0.323 e. The van der Waals surface area contributed by atoms with Crippen molar-refractivity contribution in [2.45, 2.75) is 39.2 Å². The molecule has 0 fully saturated rings. The number of carbonyl (C=O) groups excluding carboxylic acids is 1. The van der Waals surface area contributed by atoms with Gasteiger partial charge in [-0.05, 0) is 44.7 Å². The van der Waals surface area contributed by atoms with Crippen LogP contribution in [0.15, 0.2) is 24.3 Å². The third-order valence-electron chi connectivity index (χ3n) is 3.77. The van der Waals surface area contributed by atoms with Crippen LogP contribution in [-0.2, 0) is 22.4 Å². The molecule has 4 nitrogen and oxygen atoms in total. The second-order valence-corrected chi connectivity index (χ2v) is 6.36.